The number of rotatable bonds is 4. The van der Waals surface area contributed by atoms with E-state index < -0.39 is 0 Å². The summed E-state index contributed by atoms with van der Waals surface area (Å²) in [5, 5.41) is 4.94. The Kier molecular flexibility index (Phi) is 5.64. The standard InChI is InChI=1S/C39H24N4S/c1-4-12-25(13-5-1)37-40-38(26-14-6-2-7-15-26)42-39(41-37)29-20-21-34-32(23-29)35-36(44-34)31-22-27-16-10-11-17-28(27)24-33(31)43(35)30-18-8-3-9-19-30/h1-24H. The monoisotopic (exact) mass is 580 g/mol. The van der Waals surface area contributed by atoms with E-state index in [0.717, 1.165) is 22.4 Å². The maximum atomic E-state index is 5.01. The molecule has 0 atom stereocenters. The molecule has 0 amide bonds. The topological polar surface area (TPSA) is 43.6 Å². The van der Waals surface area contributed by atoms with Crippen LogP contribution in [0, 0.1) is 0 Å². The third-order valence-electron chi connectivity index (χ3n) is 8.21. The average Bonchev–Trinajstić information content (AvgIpc) is 3.62. The highest BCUT2D eigenvalue weighted by Gasteiger charge is 2.20. The smallest absolute Gasteiger partial charge is 0.164 e. The molecule has 0 unspecified atom stereocenters. The summed E-state index contributed by atoms with van der Waals surface area (Å²) >= 11 is 1.85. The predicted molar refractivity (Wildman–Crippen MR) is 183 cm³/mol. The molecule has 9 rings (SSSR count). The van der Waals surface area contributed by atoms with Crippen LogP contribution in [0.2, 0.25) is 0 Å². The van der Waals surface area contributed by atoms with Crippen molar-refractivity contribution < 1.29 is 0 Å². The highest BCUT2D eigenvalue weighted by atomic mass is 32.1. The summed E-state index contributed by atoms with van der Waals surface area (Å²) in [6.45, 7) is 0. The van der Waals surface area contributed by atoms with Crippen LogP contribution < -0.4 is 0 Å². The van der Waals surface area contributed by atoms with Crippen LogP contribution in [0.4, 0.5) is 0 Å². The number of fused-ring (bicyclic) bond motifs is 6. The number of benzene rings is 6. The molecule has 4 nitrogen and oxygen atoms in total. The van der Waals surface area contributed by atoms with Gasteiger partial charge in [0.25, 0.3) is 0 Å². The molecule has 0 aliphatic heterocycles. The molecule has 3 heterocycles. The number of aromatic nitrogens is 4. The van der Waals surface area contributed by atoms with E-state index >= 15 is 0 Å². The van der Waals surface area contributed by atoms with Crippen molar-refractivity contribution in [3.05, 3.63) is 146 Å². The van der Waals surface area contributed by atoms with Gasteiger partial charge < -0.3 is 4.57 Å². The van der Waals surface area contributed by atoms with E-state index in [9.17, 15) is 0 Å². The van der Waals surface area contributed by atoms with E-state index in [0.29, 0.717) is 17.5 Å². The molecule has 6 aromatic carbocycles. The third kappa shape index (κ3) is 4.02. The molecule has 0 saturated heterocycles. The Labute approximate surface area is 257 Å². The molecule has 5 heteroatoms. The van der Waals surface area contributed by atoms with Crippen LogP contribution in [0.1, 0.15) is 0 Å². The molecular formula is C39H24N4S. The Bertz CT molecular complexity index is 2420. The molecular weight excluding hydrogens is 557 g/mol. The van der Waals surface area contributed by atoms with Crippen molar-refractivity contribution in [3.63, 3.8) is 0 Å². The van der Waals surface area contributed by atoms with Gasteiger partial charge in [-0.1, -0.05) is 103 Å². The molecule has 0 radical (unpaired) electrons. The van der Waals surface area contributed by atoms with Gasteiger partial charge in [0.2, 0.25) is 0 Å². The molecule has 0 spiro atoms. The first-order valence-corrected chi connectivity index (χ1v) is 15.4. The molecule has 0 aliphatic carbocycles. The van der Waals surface area contributed by atoms with Gasteiger partial charge in [0, 0.05) is 37.9 Å². The maximum Gasteiger partial charge on any atom is 0.164 e. The second-order valence-electron chi connectivity index (χ2n) is 10.9. The predicted octanol–water partition coefficient (Wildman–Crippen LogP) is 10.3. The first kappa shape index (κ1) is 24.9. The average molecular weight is 581 g/mol. The second kappa shape index (κ2) is 9.97. The van der Waals surface area contributed by atoms with Crippen LogP contribution in [-0.4, -0.2) is 19.5 Å². The minimum absolute atomic E-state index is 0.659. The van der Waals surface area contributed by atoms with E-state index in [-0.39, 0.29) is 0 Å². The van der Waals surface area contributed by atoms with Gasteiger partial charge >= 0.3 is 0 Å². The summed E-state index contributed by atoms with van der Waals surface area (Å²) in [6.07, 6.45) is 0. The van der Waals surface area contributed by atoms with Crippen molar-refractivity contribution in [1.82, 2.24) is 19.5 Å². The molecule has 0 N–H and O–H groups in total. The lowest BCUT2D eigenvalue weighted by Crippen LogP contribution is -2.00. The number of para-hydroxylation sites is 1. The lowest BCUT2D eigenvalue weighted by Gasteiger charge is -2.10. The van der Waals surface area contributed by atoms with Crippen LogP contribution in [0.3, 0.4) is 0 Å². The minimum atomic E-state index is 0.659. The van der Waals surface area contributed by atoms with Gasteiger partial charge in [-0.2, -0.15) is 0 Å². The second-order valence-corrected chi connectivity index (χ2v) is 12.0. The Morgan fingerprint density at radius 2 is 1.00 bits per heavy atom. The number of hydrogen-bond acceptors (Lipinski definition) is 4. The Morgan fingerprint density at radius 1 is 0.455 bits per heavy atom. The molecule has 0 bridgehead atoms. The van der Waals surface area contributed by atoms with Crippen molar-refractivity contribution >= 4 is 53.3 Å². The van der Waals surface area contributed by atoms with Gasteiger partial charge in [0.15, 0.2) is 17.5 Å². The molecule has 0 fully saturated rings. The molecule has 0 saturated carbocycles. The van der Waals surface area contributed by atoms with E-state index in [1.807, 2.05) is 72.0 Å². The van der Waals surface area contributed by atoms with Gasteiger partial charge in [-0.05, 0) is 53.2 Å². The lowest BCUT2D eigenvalue weighted by atomic mass is 10.1. The van der Waals surface area contributed by atoms with Crippen molar-refractivity contribution in [2.75, 3.05) is 0 Å². The summed E-state index contributed by atoms with van der Waals surface area (Å²) in [4.78, 5) is 14.9. The molecule has 9 aromatic rings. The van der Waals surface area contributed by atoms with Crippen molar-refractivity contribution in [2.24, 2.45) is 0 Å². The zero-order valence-electron chi connectivity index (χ0n) is 23.6. The highest BCUT2D eigenvalue weighted by Crippen LogP contribution is 2.44. The largest absolute Gasteiger partial charge is 0.308 e. The van der Waals surface area contributed by atoms with Gasteiger partial charge in [0.1, 0.15) is 0 Å². The van der Waals surface area contributed by atoms with E-state index in [1.54, 1.807) is 0 Å². The molecule has 206 valence electrons. The van der Waals surface area contributed by atoms with E-state index in [2.05, 4.69) is 89.5 Å². The maximum absolute atomic E-state index is 5.01. The van der Waals surface area contributed by atoms with Crippen LogP contribution in [-0.2, 0) is 0 Å². The summed E-state index contributed by atoms with van der Waals surface area (Å²) < 4.78 is 4.93. The Morgan fingerprint density at radius 3 is 1.64 bits per heavy atom. The van der Waals surface area contributed by atoms with Crippen LogP contribution in [0.25, 0.3) is 81.8 Å². The fraction of sp³-hybridized carbons (Fsp3) is 0. The molecule has 44 heavy (non-hydrogen) atoms. The molecule has 0 aliphatic rings. The zero-order valence-corrected chi connectivity index (χ0v) is 24.4. The lowest BCUT2D eigenvalue weighted by molar-refractivity contribution is 1.07. The zero-order chi connectivity index (χ0) is 29.0. The summed E-state index contributed by atoms with van der Waals surface area (Å²) in [6, 6.07) is 50.8. The van der Waals surface area contributed by atoms with Gasteiger partial charge in [-0.3, -0.25) is 0 Å². The van der Waals surface area contributed by atoms with Gasteiger partial charge in [-0.15, -0.1) is 11.3 Å². The normalized spacial score (nSPS) is 11.6. The van der Waals surface area contributed by atoms with Crippen LogP contribution in [0.5, 0.6) is 0 Å². The summed E-state index contributed by atoms with van der Waals surface area (Å²) in [7, 11) is 0. The third-order valence-corrected chi connectivity index (χ3v) is 9.40. The van der Waals surface area contributed by atoms with Gasteiger partial charge in [0.05, 0.1) is 15.7 Å². The number of hydrogen-bond donors (Lipinski definition) is 0. The minimum Gasteiger partial charge on any atom is -0.308 e. The van der Waals surface area contributed by atoms with E-state index in [4.69, 9.17) is 15.0 Å². The Hall–Kier alpha value is -5.65. The van der Waals surface area contributed by atoms with Crippen molar-refractivity contribution in [2.45, 2.75) is 0 Å². The first-order chi connectivity index (χ1) is 21.8. The highest BCUT2D eigenvalue weighted by molar-refractivity contribution is 7.26. The summed E-state index contributed by atoms with van der Waals surface area (Å²) in [5.41, 5.74) is 6.45. The van der Waals surface area contributed by atoms with E-state index in [1.165, 1.54) is 42.0 Å². The van der Waals surface area contributed by atoms with Gasteiger partial charge in [-0.25, -0.2) is 15.0 Å². The Balaban J connectivity index is 1.33. The summed E-state index contributed by atoms with van der Waals surface area (Å²) in [5.74, 6) is 1.98. The van der Waals surface area contributed by atoms with Crippen molar-refractivity contribution in [1.29, 1.82) is 0 Å². The number of thiophene rings is 1. The van der Waals surface area contributed by atoms with Crippen molar-refractivity contribution in [3.8, 4) is 39.9 Å². The fourth-order valence-electron chi connectivity index (χ4n) is 6.13. The quantitative estimate of drug-likeness (QED) is 0.208. The number of nitrogens with zero attached hydrogens (tertiary/aromatic N) is 4. The SMILES string of the molecule is c1ccc(-c2nc(-c3ccccc3)nc(-c3ccc4sc5c6cc7ccccc7cc6n(-c6ccccc6)c5c4c3)n2)cc1. The van der Waals surface area contributed by atoms with Crippen LogP contribution in [0.15, 0.2) is 146 Å². The molecule has 3 aromatic heterocycles. The first-order valence-electron chi connectivity index (χ1n) is 14.6. The fourth-order valence-corrected chi connectivity index (χ4v) is 7.32. The van der Waals surface area contributed by atoms with Crippen LogP contribution >= 0.6 is 11.3 Å².